The Morgan fingerprint density at radius 3 is 2.70 bits per heavy atom. The maximum Gasteiger partial charge on any atom is 0.253 e. The van der Waals surface area contributed by atoms with Crippen LogP contribution in [0.1, 0.15) is 17.3 Å². The SMILES string of the molecule is CCNC(=O)c1ccccc1Nc1nc(-c2cccnc2)nc2ccc(OC)cc12. The maximum atomic E-state index is 12.5. The molecule has 4 aromatic rings. The molecule has 0 aliphatic carbocycles. The predicted octanol–water partition coefficient (Wildman–Crippen LogP) is 4.19. The summed E-state index contributed by atoms with van der Waals surface area (Å²) in [7, 11) is 1.61. The van der Waals surface area contributed by atoms with Crippen LogP contribution < -0.4 is 15.4 Å². The number of carbonyl (C=O) groups excluding carboxylic acids is 1. The number of benzene rings is 2. The molecule has 1 amide bonds. The molecule has 0 aliphatic rings. The van der Waals surface area contributed by atoms with Gasteiger partial charge in [0.1, 0.15) is 11.6 Å². The summed E-state index contributed by atoms with van der Waals surface area (Å²) in [6, 6.07) is 16.7. The van der Waals surface area contributed by atoms with Gasteiger partial charge in [-0.1, -0.05) is 12.1 Å². The summed E-state index contributed by atoms with van der Waals surface area (Å²) in [4.78, 5) is 26.1. The highest BCUT2D eigenvalue weighted by Crippen LogP contribution is 2.30. The highest BCUT2D eigenvalue weighted by molar-refractivity contribution is 6.01. The number of carbonyl (C=O) groups is 1. The number of fused-ring (bicyclic) bond motifs is 1. The molecule has 0 unspecified atom stereocenters. The van der Waals surface area contributed by atoms with Crippen LogP contribution in [0.3, 0.4) is 0 Å². The Morgan fingerprint density at radius 2 is 1.93 bits per heavy atom. The lowest BCUT2D eigenvalue weighted by Crippen LogP contribution is -2.23. The van der Waals surface area contributed by atoms with Crippen LogP contribution in [0.5, 0.6) is 5.75 Å². The first-order valence-corrected chi connectivity index (χ1v) is 9.60. The van der Waals surface area contributed by atoms with Crippen molar-refractivity contribution in [1.29, 1.82) is 0 Å². The topological polar surface area (TPSA) is 89.0 Å². The first-order valence-electron chi connectivity index (χ1n) is 9.60. The molecule has 0 bridgehead atoms. The van der Waals surface area contributed by atoms with Crippen LogP contribution in [0.2, 0.25) is 0 Å². The molecule has 7 nitrogen and oxygen atoms in total. The number of amides is 1. The van der Waals surface area contributed by atoms with Gasteiger partial charge in [-0.3, -0.25) is 9.78 Å². The van der Waals surface area contributed by atoms with Crippen LogP contribution in [0.15, 0.2) is 67.0 Å². The van der Waals surface area contributed by atoms with E-state index in [2.05, 4.69) is 20.6 Å². The highest BCUT2D eigenvalue weighted by atomic mass is 16.5. The van der Waals surface area contributed by atoms with E-state index in [0.29, 0.717) is 35.2 Å². The summed E-state index contributed by atoms with van der Waals surface area (Å²) in [6.45, 7) is 2.43. The number of hydrogen-bond acceptors (Lipinski definition) is 6. The molecule has 0 atom stereocenters. The third kappa shape index (κ3) is 3.91. The molecule has 2 aromatic heterocycles. The van der Waals surface area contributed by atoms with Crippen molar-refractivity contribution in [3.8, 4) is 17.1 Å². The summed E-state index contributed by atoms with van der Waals surface area (Å²) in [5.74, 6) is 1.66. The Morgan fingerprint density at radius 1 is 1.07 bits per heavy atom. The van der Waals surface area contributed by atoms with E-state index < -0.39 is 0 Å². The Balaban J connectivity index is 1.86. The average molecular weight is 399 g/mol. The molecule has 0 radical (unpaired) electrons. The predicted molar refractivity (Wildman–Crippen MR) is 117 cm³/mol. The minimum absolute atomic E-state index is 0.149. The fourth-order valence-electron chi connectivity index (χ4n) is 3.13. The zero-order valence-corrected chi connectivity index (χ0v) is 16.7. The number of para-hydroxylation sites is 1. The molecule has 4 rings (SSSR count). The number of nitrogens with one attached hydrogen (secondary N) is 2. The smallest absolute Gasteiger partial charge is 0.253 e. The zero-order chi connectivity index (χ0) is 20.9. The summed E-state index contributed by atoms with van der Waals surface area (Å²) in [5.41, 5.74) is 2.75. The summed E-state index contributed by atoms with van der Waals surface area (Å²) < 4.78 is 5.38. The normalized spacial score (nSPS) is 10.6. The third-order valence-corrected chi connectivity index (χ3v) is 4.58. The van der Waals surface area contributed by atoms with Gasteiger partial charge in [-0.05, 0) is 49.4 Å². The second-order valence-corrected chi connectivity index (χ2v) is 6.55. The van der Waals surface area contributed by atoms with E-state index in [4.69, 9.17) is 9.72 Å². The van der Waals surface area contributed by atoms with E-state index in [1.807, 2.05) is 55.5 Å². The van der Waals surface area contributed by atoms with Crippen molar-refractivity contribution in [1.82, 2.24) is 20.3 Å². The van der Waals surface area contributed by atoms with E-state index in [9.17, 15) is 4.79 Å². The Kier molecular flexibility index (Phi) is 5.52. The number of hydrogen-bond donors (Lipinski definition) is 2. The molecule has 2 N–H and O–H groups in total. The van der Waals surface area contributed by atoms with Crippen molar-refractivity contribution >= 4 is 28.3 Å². The Hall–Kier alpha value is -4.00. The van der Waals surface area contributed by atoms with Crippen LogP contribution in [0.4, 0.5) is 11.5 Å². The molecular weight excluding hydrogens is 378 g/mol. The van der Waals surface area contributed by atoms with Crippen LogP contribution in [-0.2, 0) is 0 Å². The number of aromatic nitrogens is 3. The van der Waals surface area contributed by atoms with Gasteiger partial charge in [0.2, 0.25) is 0 Å². The lowest BCUT2D eigenvalue weighted by Gasteiger charge is -2.14. The molecular formula is C23H21N5O2. The van der Waals surface area contributed by atoms with Crippen molar-refractivity contribution in [2.45, 2.75) is 6.92 Å². The first-order chi connectivity index (χ1) is 14.7. The number of rotatable bonds is 6. The van der Waals surface area contributed by atoms with Crippen molar-refractivity contribution in [3.63, 3.8) is 0 Å². The van der Waals surface area contributed by atoms with Gasteiger partial charge in [0, 0.05) is 29.9 Å². The van der Waals surface area contributed by atoms with Gasteiger partial charge in [0.15, 0.2) is 5.82 Å². The van der Waals surface area contributed by atoms with Gasteiger partial charge in [-0.2, -0.15) is 0 Å². The number of pyridine rings is 1. The van der Waals surface area contributed by atoms with Crippen LogP contribution >= 0.6 is 0 Å². The molecule has 2 aromatic carbocycles. The van der Waals surface area contributed by atoms with Crippen molar-refractivity contribution in [2.75, 3.05) is 19.0 Å². The first kappa shape index (κ1) is 19.3. The minimum atomic E-state index is -0.149. The van der Waals surface area contributed by atoms with E-state index in [1.165, 1.54) is 0 Å². The molecule has 0 saturated carbocycles. The maximum absolute atomic E-state index is 12.5. The van der Waals surface area contributed by atoms with Crippen LogP contribution in [0, 0.1) is 0 Å². The Labute approximate surface area is 174 Å². The molecule has 30 heavy (non-hydrogen) atoms. The third-order valence-electron chi connectivity index (χ3n) is 4.58. The minimum Gasteiger partial charge on any atom is -0.497 e. The van der Waals surface area contributed by atoms with E-state index >= 15 is 0 Å². The number of ether oxygens (including phenoxy) is 1. The van der Waals surface area contributed by atoms with E-state index in [-0.39, 0.29) is 5.91 Å². The second-order valence-electron chi connectivity index (χ2n) is 6.55. The van der Waals surface area contributed by atoms with Gasteiger partial charge < -0.3 is 15.4 Å². The summed E-state index contributed by atoms with van der Waals surface area (Å²) in [6.07, 6.45) is 3.42. The highest BCUT2D eigenvalue weighted by Gasteiger charge is 2.15. The Bertz CT molecular complexity index is 1190. The largest absolute Gasteiger partial charge is 0.497 e. The zero-order valence-electron chi connectivity index (χ0n) is 16.7. The number of methoxy groups -OCH3 is 1. The number of nitrogens with zero attached hydrogens (tertiary/aromatic N) is 3. The van der Waals surface area contributed by atoms with Gasteiger partial charge in [-0.25, -0.2) is 9.97 Å². The lowest BCUT2D eigenvalue weighted by atomic mass is 10.1. The molecule has 0 fully saturated rings. The van der Waals surface area contributed by atoms with Crippen LogP contribution in [-0.4, -0.2) is 34.5 Å². The number of anilines is 2. The second kappa shape index (κ2) is 8.57. The van der Waals surface area contributed by atoms with Gasteiger partial charge in [0.05, 0.1) is 23.9 Å². The summed E-state index contributed by atoms with van der Waals surface area (Å²) in [5, 5.41) is 6.95. The molecule has 0 aliphatic heterocycles. The quantitative estimate of drug-likeness (QED) is 0.505. The van der Waals surface area contributed by atoms with Gasteiger partial charge >= 0.3 is 0 Å². The van der Waals surface area contributed by atoms with Crippen molar-refractivity contribution in [2.24, 2.45) is 0 Å². The van der Waals surface area contributed by atoms with E-state index in [1.54, 1.807) is 25.6 Å². The van der Waals surface area contributed by atoms with Crippen LogP contribution in [0.25, 0.3) is 22.3 Å². The average Bonchev–Trinajstić information content (AvgIpc) is 2.79. The van der Waals surface area contributed by atoms with Crippen molar-refractivity contribution in [3.05, 3.63) is 72.6 Å². The standard InChI is InChI=1S/C23H21N5O2/c1-3-25-23(29)17-8-4-5-9-19(17)27-22-18-13-16(30-2)10-11-20(18)26-21(28-22)15-7-6-12-24-14-15/h4-14H,3H2,1-2H3,(H,25,29)(H,26,27,28). The molecule has 0 spiro atoms. The lowest BCUT2D eigenvalue weighted by molar-refractivity contribution is 0.0956. The summed E-state index contributed by atoms with van der Waals surface area (Å²) >= 11 is 0. The molecule has 2 heterocycles. The molecule has 7 heteroatoms. The molecule has 150 valence electrons. The fourth-order valence-corrected chi connectivity index (χ4v) is 3.13. The van der Waals surface area contributed by atoms with Gasteiger partial charge in [-0.15, -0.1) is 0 Å². The van der Waals surface area contributed by atoms with E-state index in [0.717, 1.165) is 16.5 Å². The molecule has 0 saturated heterocycles. The monoisotopic (exact) mass is 399 g/mol. The van der Waals surface area contributed by atoms with Gasteiger partial charge in [0.25, 0.3) is 5.91 Å². The van der Waals surface area contributed by atoms with Crippen molar-refractivity contribution < 1.29 is 9.53 Å². The fraction of sp³-hybridized carbons (Fsp3) is 0.130.